The Bertz CT molecular complexity index is 715. The van der Waals surface area contributed by atoms with E-state index in [9.17, 15) is 4.79 Å². The number of ether oxygens (including phenoxy) is 1. The highest BCUT2D eigenvalue weighted by Gasteiger charge is 2.11. The Morgan fingerprint density at radius 1 is 1.05 bits per heavy atom. The number of amides is 1. The van der Waals surface area contributed by atoms with Gasteiger partial charge in [0.15, 0.2) is 5.76 Å². The van der Waals surface area contributed by atoms with Crippen LogP contribution in [-0.4, -0.2) is 5.91 Å². The second-order valence-electron chi connectivity index (χ2n) is 4.21. The van der Waals surface area contributed by atoms with E-state index in [0.29, 0.717) is 26.4 Å². The SMILES string of the molecule is NNC(=O)/C(=C/c1ccc(Cl)c(Cl)c1)Oc1ccc(Cl)cc1. The number of benzene rings is 2. The van der Waals surface area contributed by atoms with Crippen molar-refractivity contribution in [2.24, 2.45) is 5.84 Å². The fraction of sp³-hybridized carbons (Fsp3) is 0. The van der Waals surface area contributed by atoms with Crippen LogP contribution in [0, 0.1) is 0 Å². The van der Waals surface area contributed by atoms with E-state index in [4.69, 9.17) is 45.4 Å². The molecule has 4 nitrogen and oxygen atoms in total. The van der Waals surface area contributed by atoms with Crippen molar-refractivity contribution < 1.29 is 9.53 Å². The fourth-order valence-electron chi connectivity index (χ4n) is 1.60. The number of halogens is 3. The highest BCUT2D eigenvalue weighted by atomic mass is 35.5. The molecule has 2 aromatic carbocycles. The molecule has 2 rings (SSSR count). The molecule has 0 spiro atoms. The number of nitrogens with one attached hydrogen (secondary N) is 1. The number of hydrazine groups is 1. The predicted molar refractivity (Wildman–Crippen MR) is 88.8 cm³/mol. The van der Waals surface area contributed by atoms with Gasteiger partial charge in [0.05, 0.1) is 10.0 Å². The number of nitrogens with two attached hydrogens (primary N) is 1. The number of hydrogen-bond donors (Lipinski definition) is 2. The summed E-state index contributed by atoms with van der Waals surface area (Å²) in [5.41, 5.74) is 2.67. The minimum atomic E-state index is -0.582. The van der Waals surface area contributed by atoms with Gasteiger partial charge in [-0.05, 0) is 48.0 Å². The summed E-state index contributed by atoms with van der Waals surface area (Å²) in [5, 5.41) is 1.35. The molecule has 114 valence electrons. The van der Waals surface area contributed by atoms with Crippen LogP contribution < -0.4 is 16.0 Å². The number of hydrogen-bond acceptors (Lipinski definition) is 3. The summed E-state index contributed by atoms with van der Waals surface area (Å²) >= 11 is 17.6. The molecular formula is C15H11Cl3N2O2. The first kappa shape index (κ1) is 16.6. The molecule has 0 aliphatic rings. The Balaban J connectivity index is 2.32. The largest absolute Gasteiger partial charge is 0.452 e. The zero-order valence-electron chi connectivity index (χ0n) is 11.1. The molecule has 3 N–H and O–H groups in total. The van der Waals surface area contributed by atoms with Crippen LogP contribution in [0.25, 0.3) is 6.08 Å². The molecule has 0 aliphatic carbocycles. The van der Waals surface area contributed by atoms with Crippen LogP contribution in [0.3, 0.4) is 0 Å². The fourth-order valence-corrected chi connectivity index (χ4v) is 2.03. The normalized spacial score (nSPS) is 11.2. The molecule has 0 aliphatic heterocycles. The van der Waals surface area contributed by atoms with Crippen molar-refractivity contribution in [3.05, 3.63) is 68.9 Å². The summed E-state index contributed by atoms with van der Waals surface area (Å²) in [7, 11) is 0. The van der Waals surface area contributed by atoms with Gasteiger partial charge in [0.2, 0.25) is 0 Å². The maximum absolute atomic E-state index is 11.8. The van der Waals surface area contributed by atoms with E-state index in [1.54, 1.807) is 42.5 Å². The van der Waals surface area contributed by atoms with Crippen LogP contribution in [0.2, 0.25) is 15.1 Å². The molecule has 0 saturated carbocycles. The molecule has 0 unspecified atom stereocenters. The molecule has 0 heterocycles. The Morgan fingerprint density at radius 3 is 2.32 bits per heavy atom. The van der Waals surface area contributed by atoms with Gasteiger partial charge in [0.25, 0.3) is 0 Å². The first-order valence-corrected chi connectivity index (χ1v) is 7.24. The lowest BCUT2D eigenvalue weighted by Crippen LogP contribution is -2.33. The van der Waals surface area contributed by atoms with Gasteiger partial charge < -0.3 is 4.74 Å². The summed E-state index contributed by atoms with van der Waals surface area (Å²) in [6.07, 6.45) is 1.50. The van der Waals surface area contributed by atoms with Crippen molar-refractivity contribution in [1.82, 2.24) is 5.43 Å². The average Bonchev–Trinajstić information content (AvgIpc) is 2.51. The third-order valence-electron chi connectivity index (χ3n) is 2.64. The van der Waals surface area contributed by atoms with Gasteiger partial charge in [-0.3, -0.25) is 10.2 Å². The van der Waals surface area contributed by atoms with E-state index >= 15 is 0 Å². The van der Waals surface area contributed by atoms with Gasteiger partial charge in [-0.2, -0.15) is 0 Å². The monoisotopic (exact) mass is 356 g/mol. The molecule has 0 radical (unpaired) electrons. The van der Waals surface area contributed by atoms with E-state index in [0.717, 1.165) is 0 Å². The highest BCUT2D eigenvalue weighted by Crippen LogP contribution is 2.24. The van der Waals surface area contributed by atoms with Crippen molar-refractivity contribution in [2.45, 2.75) is 0 Å². The topological polar surface area (TPSA) is 64.3 Å². The van der Waals surface area contributed by atoms with E-state index in [2.05, 4.69) is 0 Å². The molecule has 1 amide bonds. The Hall–Kier alpha value is -1.72. The third-order valence-corrected chi connectivity index (χ3v) is 3.63. The molecule has 0 saturated heterocycles. The summed E-state index contributed by atoms with van der Waals surface area (Å²) < 4.78 is 5.53. The minimum Gasteiger partial charge on any atom is -0.452 e. The Kier molecular flexibility index (Phi) is 5.69. The van der Waals surface area contributed by atoms with Gasteiger partial charge in [-0.1, -0.05) is 40.9 Å². The maximum Gasteiger partial charge on any atom is 0.300 e. The number of carbonyl (C=O) groups excluding carboxylic acids is 1. The number of carbonyl (C=O) groups is 1. The first-order chi connectivity index (χ1) is 10.5. The minimum absolute atomic E-state index is 0.00297. The van der Waals surface area contributed by atoms with Gasteiger partial charge in [-0.15, -0.1) is 0 Å². The molecule has 7 heteroatoms. The maximum atomic E-state index is 11.8. The van der Waals surface area contributed by atoms with Crippen molar-refractivity contribution in [3.63, 3.8) is 0 Å². The van der Waals surface area contributed by atoms with Crippen LogP contribution in [0.1, 0.15) is 5.56 Å². The van der Waals surface area contributed by atoms with Crippen LogP contribution >= 0.6 is 34.8 Å². The summed E-state index contributed by atoms with van der Waals surface area (Å²) in [4.78, 5) is 11.8. The van der Waals surface area contributed by atoms with Crippen LogP contribution in [-0.2, 0) is 4.79 Å². The summed E-state index contributed by atoms with van der Waals surface area (Å²) in [6.45, 7) is 0. The smallest absolute Gasteiger partial charge is 0.300 e. The van der Waals surface area contributed by atoms with E-state index in [1.165, 1.54) is 6.08 Å². The zero-order valence-corrected chi connectivity index (χ0v) is 13.4. The standard InChI is InChI=1S/C15H11Cl3N2O2/c16-10-2-4-11(5-3-10)22-14(15(21)20-19)8-9-1-6-12(17)13(18)7-9/h1-8H,19H2,(H,20,21)/b14-8-. The van der Waals surface area contributed by atoms with Gasteiger partial charge >= 0.3 is 5.91 Å². The lowest BCUT2D eigenvalue weighted by atomic mass is 10.2. The Labute approximate surface area is 142 Å². The van der Waals surface area contributed by atoms with E-state index in [-0.39, 0.29) is 5.76 Å². The van der Waals surface area contributed by atoms with E-state index in [1.807, 2.05) is 5.43 Å². The van der Waals surface area contributed by atoms with Crippen molar-refractivity contribution in [2.75, 3.05) is 0 Å². The van der Waals surface area contributed by atoms with Crippen LogP contribution in [0.5, 0.6) is 5.75 Å². The molecule has 22 heavy (non-hydrogen) atoms. The lowest BCUT2D eigenvalue weighted by Gasteiger charge is -2.09. The molecule has 0 bridgehead atoms. The molecular weight excluding hydrogens is 347 g/mol. The molecule has 0 fully saturated rings. The van der Waals surface area contributed by atoms with Gasteiger partial charge in [0, 0.05) is 5.02 Å². The van der Waals surface area contributed by atoms with E-state index < -0.39 is 5.91 Å². The second-order valence-corrected chi connectivity index (χ2v) is 5.46. The third kappa shape index (κ3) is 4.39. The Morgan fingerprint density at radius 2 is 1.73 bits per heavy atom. The zero-order chi connectivity index (χ0) is 16.1. The molecule has 0 aromatic heterocycles. The first-order valence-electron chi connectivity index (χ1n) is 6.10. The average molecular weight is 358 g/mol. The summed E-state index contributed by atoms with van der Waals surface area (Å²) in [6, 6.07) is 11.5. The second kappa shape index (κ2) is 7.51. The van der Waals surface area contributed by atoms with Crippen molar-refractivity contribution >= 4 is 46.8 Å². The van der Waals surface area contributed by atoms with Gasteiger partial charge in [-0.25, -0.2) is 5.84 Å². The van der Waals surface area contributed by atoms with Crippen LogP contribution in [0.15, 0.2) is 48.2 Å². The quantitative estimate of drug-likeness (QED) is 0.285. The predicted octanol–water partition coefficient (Wildman–Crippen LogP) is 4.06. The lowest BCUT2D eigenvalue weighted by molar-refractivity contribution is -0.119. The summed E-state index contributed by atoms with van der Waals surface area (Å²) in [5.74, 6) is 5.03. The van der Waals surface area contributed by atoms with Crippen molar-refractivity contribution in [1.29, 1.82) is 0 Å². The van der Waals surface area contributed by atoms with Gasteiger partial charge in [0.1, 0.15) is 5.75 Å². The van der Waals surface area contributed by atoms with Crippen molar-refractivity contribution in [3.8, 4) is 5.75 Å². The number of rotatable bonds is 4. The highest BCUT2D eigenvalue weighted by molar-refractivity contribution is 6.42. The molecule has 0 atom stereocenters. The van der Waals surface area contributed by atoms with Crippen LogP contribution in [0.4, 0.5) is 0 Å². The molecule has 2 aromatic rings.